The van der Waals surface area contributed by atoms with Gasteiger partial charge < -0.3 is 19.5 Å². The van der Waals surface area contributed by atoms with Gasteiger partial charge in [0.2, 0.25) is 0 Å². The molecular weight excluding hydrogens is 513 g/mol. The van der Waals surface area contributed by atoms with Crippen molar-refractivity contribution in [1.82, 2.24) is 14.5 Å². The number of aromatic nitrogens is 2. The van der Waals surface area contributed by atoms with Crippen LogP contribution in [0.1, 0.15) is 31.0 Å². The number of carbonyl (C=O) groups is 1. The Labute approximate surface area is 216 Å². The summed E-state index contributed by atoms with van der Waals surface area (Å²) in [5.41, 5.74) is 1.55. The molecule has 0 bridgehead atoms. The number of alkyl halides is 3. The Balaban J connectivity index is 1.69. The number of hydrogen-bond donors (Lipinski definition) is 1. The van der Waals surface area contributed by atoms with E-state index in [0.717, 1.165) is 11.6 Å². The molecular formula is C25H26ClF3N4O4. The summed E-state index contributed by atoms with van der Waals surface area (Å²) in [7, 11) is 1.59. The number of urea groups is 1. The van der Waals surface area contributed by atoms with Gasteiger partial charge >= 0.3 is 18.4 Å². The van der Waals surface area contributed by atoms with Crippen LogP contribution in [0.25, 0.3) is 0 Å². The van der Waals surface area contributed by atoms with Gasteiger partial charge in [0.1, 0.15) is 11.5 Å². The number of rotatable bonds is 9. The number of amides is 2. The molecule has 0 saturated carbocycles. The van der Waals surface area contributed by atoms with Crippen LogP contribution in [-0.4, -0.2) is 51.6 Å². The highest BCUT2D eigenvalue weighted by Crippen LogP contribution is 2.35. The van der Waals surface area contributed by atoms with E-state index < -0.39 is 18.2 Å². The van der Waals surface area contributed by atoms with Crippen LogP contribution in [0.15, 0.2) is 48.5 Å². The lowest BCUT2D eigenvalue weighted by molar-refractivity contribution is -0.274. The highest BCUT2D eigenvalue weighted by molar-refractivity contribution is 6.30. The Morgan fingerprint density at radius 3 is 2.54 bits per heavy atom. The molecule has 2 heterocycles. The van der Waals surface area contributed by atoms with Crippen molar-refractivity contribution in [2.75, 3.05) is 18.5 Å². The fraction of sp³-hybridized carbons (Fsp3) is 0.360. The van der Waals surface area contributed by atoms with Crippen LogP contribution in [0.4, 0.5) is 23.8 Å². The van der Waals surface area contributed by atoms with Gasteiger partial charge in [0.25, 0.3) is 0 Å². The molecule has 4 rings (SSSR count). The number of benzene rings is 2. The molecule has 1 N–H and O–H groups in total. The zero-order valence-corrected chi connectivity index (χ0v) is 21.0. The minimum atomic E-state index is -4.84. The minimum Gasteiger partial charge on any atom is -0.425 e. The van der Waals surface area contributed by atoms with Gasteiger partial charge in [0, 0.05) is 24.7 Å². The molecule has 1 unspecified atom stereocenters. The summed E-state index contributed by atoms with van der Waals surface area (Å²) in [6.45, 7) is 2.74. The van der Waals surface area contributed by atoms with Crippen molar-refractivity contribution in [2.45, 2.75) is 45.3 Å². The highest BCUT2D eigenvalue weighted by atomic mass is 35.5. The Hall–Kier alpha value is -3.44. The minimum absolute atomic E-state index is 0.0818. The highest BCUT2D eigenvalue weighted by Gasteiger charge is 2.34. The lowest BCUT2D eigenvalue weighted by Crippen LogP contribution is -2.46. The molecule has 198 valence electrons. The van der Waals surface area contributed by atoms with E-state index in [4.69, 9.17) is 16.3 Å². The first-order chi connectivity index (χ1) is 17.5. The molecule has 12 heteroatoms. The first kappa shape index (κ1) is 26.6. The van der Waals surface area contributed by atoms with Crippen molar-refractivity contribution in [2.24, 2.45) is 0 Å². The van der Waals surface area contributed by atoms with E-state index in [0.29, 0.717) is 42.5 Å². The zero-order chi connectivity index (χ0) is 26.7. The average Bonchev–Trinajstić information content (AvgIpc) is 3.17. The normalized spacial score (nSPS) is 14.5. The van der Waals surface area contributed by atoms with Gasteiger partial charge in [-0.25, -0.2) is 4.79 Å². The molecule has 2 amide bonds. The molecule has 0 fully saturated rings. The molecule has 0 spiro atoms. The summed E-state index contributed by atoms with van der Waals surface area (Å²) in [6, 6.07) is 12.1. The summed E-state index contributed by atoms with van der Waals surface area (Å²) in [5, 5.41) is 10.6. The van der Waals surface area contributed by atoms with Crippen molar-refractivity contribution < 1.29 is 32.5 Å². The van der Waals surface area contributed by atoms with E-state index in [9.17, 15) is 23.1 Å². The summed E-state index contributed by atoms with van der Waals surface area (Å²) >= 11 is 6.03. The molecule has 37 heavy (non-hydrogen) atoms. The molecule has 3 aromatic rings. The van der Waals surface area contributed by atoms with Crippen LogP contribution in [0.3, 0.4) is 0 Å². The number of ether oxygens (including phenoxy) is 2. The van der Waals surface area contributed by atoms with Crippen molar-refractivity contribution in [1.29, 1.82) is 0 Å². The number of hydrogen-bond acceptors (Lipinski definition) is 5. The Bertz CT molecular complexity index is 1250. The summed E-state index contributed by atoms with van der Waals surface area (Å²) in [5.74, 6) is 0.0285. The number of anilines is 1. The number of fused-ring (bicyclic) bond motifs is 1. The molecule has 1 atom stereocenters. The van der Waals surface area contributed by atoms with Gasteiger partial charge in [-0.1, -0.05) is 36.7 Å². The second-order valence-electron chi connectivity index (χ2n) is 8.62. The van der Waals surface area contributed by atoms with Crippen LogP contribution in [0, 0.1) is 0 Å². The fourth-order valence-corrected chi connectivity index (χ4v) is 4.09. The third kappa shape index (κ3) is 6.47. The predicted molar refractivity (Wildman–Crippen MR) is 131 cm³/mol. The van der Waals surface area contributed by atoms with Gasteiger partial charge in [-0.15, -0.1) is 13.2 Å². The Morgan fingerprint density at radius 2 is 1.86 bits per heavy atom. The fourth-order valence-electron chi connectivity index (χ4n) is 3.96. The predicted octanol–water partition coefficient (Wildman–Crippen LogP) is 5.81. The van der Waals surface area contributed by atoms with Crippen molar-refractivity contribution in [3.8, 4) is 17.5 Å². The van der Waals surface area contributed by atoms with E-state index in [2.05, 4.69) is 9.72 Å². The third-order valence-corrected chi connectivity index (χ3v) is 6.19. The lowest BCUT2D eigenvalue weighted by atomic mass is 10.2. The van der Waals surface area contributed by atoms with Gasteiger partial charge in [-0.3, -0.25) is 9.47 Å². The first-order valence-electron chi connectivity index (χ1n) is 11.6. The molecule has 8 nitrogen and oxygen atoms in total. The molecule has 1 aliphatic heterocycles. The number of aliphatic hydroxyl groups excluding tert-OH is 1. The summed E-state index contributed by atoms with van der Waals surface area (Å²) in [6.07, 6.45) is -4.37. The van der Waals surface area contributed by atoms with E-state index in [1.807, 2.05) is 19.1 Å². The van der Waals surface area contributed by atoms with Crippen LogP contribution in [0.2, 0.25) is 5.02 Å². The van der Waals surface area contributed by atoms with E-state index in [1.54, 1.807) is 28.6 Å². The van der Waals surface area contributed by atoms with E-state index >= 15 is 0 Å². The van der Waals surface area contributed by atoms with Crippen LogP contribution < -0.4 is 14.4 Å². The molecule has 1 aliphatic rings. The monoisotopic (exact) mass is 538 g/mol. The molecule has 1 aromatic heterocycles. The van der Waals surface area contributed by atoms with Gasteiger partial charge in [-0.05, 0) is 42.7 Å². The smallest absolute Gasteiger partial charge is 0.425 e. The third-order valence-electron chi connectivity index (χ3n) is 5.94. The van der Waals surface area contributed by atoms with Crippen molar-refractivity contribution >= 4 is 23.4 Å². The maximum atomic E-state index is 13.0. The van der Waals surface area contributed by atoms with Crippen molar-refractivity contribution in [3.05, 3.63) is 64.8 Å². The second-order valence-corrected chi connectivity index (χ2v) is 9.05. The SMILES string of the molecule is CCC(O)CCN1Cc2c(nc(Oc3cccc(OC(F)(F)F)c3)n2Cc2ccc(Cl)cc2)N(C)C1=O. The second kappa shape index (κ2) is 10.9. The maximum absolute atomic E-state index is 13.0. The zero-order valence-electron chi connectivity index (χ0n) is 20.2. The summed E-state index contributed by atoms with van der Waals surface area (Å²) < 4.78 is 49.8. The standard InChI is InChI=1S/C25H26ClF3N4O4/c1-3-18(34)11-12-32-15-21-22(31(2)24(32)35)30-23(33(21)14-16-7-9-17(26)10-8-16)36-19-5-4-6-20(13-19)37-25(27,28)29/h4-10,13,18,34H,3,11-12,14-15H2,1-2H3. The van der Waals surface area contributed by atoms with E-state index in [-0.39, 0.29) is 24.3 Å². The Morgan fingerprint density at radius 1 is 1.16 bits per heavy atom. The number of halogens is 4. The first-order valence-corrected chi connectivity index (χ1v) is 12.0. The van der Waals surface area contributed by atoms with E-state index in [1.165, 1.54) is 23.1 Å². The maximum Gasteiger partial charge on any atom is 0.573 e. The average molecular weight is 539 g/mol. The topological polar surface area (TPSA) is 80.1 Å². The quantitative estimate of drug-likeness (QED) is 0.372. The van der Waals surface area contributed by atoms with Crippen LogP contribution in [0.5, 0.6) is 17.5 Å². The lowest BCUT2D eigenvalue weighted by Gasteiger charge is -2.33. The van der Waals surface area contributed by atoms with Crippen LogP contribution in [-0.2, 0) is 13.1 Å². The molecule has 0 aliphatic carbocycles. The summed E-state index contributed by atoms with van der Waals surface area (Å²) in [4.78, 5) is 20.5. The van der Waals surface area contributed by atoms with Crippen molar-refractivity contribution in [3.63, 3.8) is 0 Å². The molecule has 0 saturated heterocycles. The number of aliphatic hydroxyl groups is 1. The van der Waals surface area contributed by atoms with Gasteiger partial charge in [-0.2, -0.15) is 4.98 Å². The molecule has 2 aromatic carbocycles. The number of carbonyl (C=O) groups excluding carboxylic acids is 1. The Kier molecular flexibility index (Phi) is 7.84. The van der Waals surface area contributed by atoms with Crippen LogP contribution >= 0.6 is 11.6 Å². The van der Waals surface area contributed by atoms with Gasteiger partial charge in [0.15, 0.2) is 5.82 Å². The largest absolute Gasteiger partial charge is 0.573 e. The van der Waals surface area contributed by atoms with Gasteiger partial charge in [0.05, 0.1) is 24.9 Å². The molecule has 0 radical (unpaired) electrons. The number of imidazole rings is 1. The number of nitrogens with zero attached hydrogens (tertiary/aromatic N) is 4.